The molecule has 9 heteroatoms. The number of halogens is 1. The number of nitrogens with one attached hydrogen (secondary N) is 2. The first kappa shape index (κ1) is 24.0. The molecule has 0 fully saturated rings. The van der Waals surface area contributed by atoms with Gasteiger partial charge in [-0.05, 0) is 42.8 Å². The van der Waals surface area contributed by atoms with Gasteiger partial charge in [0.05, 0.1) is 12.7 Å². The number of ether oxygens (including phenoxy) is 1. The van der Waals surface area contributed by atoms with Gasteiger partial charge in [0.1, 0.15) is 11.8 Å². The zero-order chi connectivity index (χ0) is 25.1. The van der Waals surface area contributed by atoms with Crippen LogP contribution < -0.4 is 15.4 Å². The molecule has 0 aliphatic carbocycles. The summed E-state index contributed by atoms with van der Waals surface area (Å²) in [6.07, 6.45) is 0. The molecule has 0 radical (unpaired) electrons. The van der Waals surface area contributed by atoms with Gasteiger partial charge in [-0.2, -0.15) is 4.98 Å². The van der Waals surface area contributed by atoms with E-state index >= 15 is 0 Å². The molecule has 0 bridgehead atoms. The number of allylic oxidation sites excluding steroid dienone is 1. The van der Waals surface area contributed by atoms with Crippen LogP contribution in [0.1, 0.15) is 24.1 Å². The van der Waals surface area contributed by atoms with Crippen molar-refractivity contribution in [3.8, 4) is 5.75 Å². The Balaban J connectivity index is 1.49. The van der Waals surface area contributed by atoms with Crippen molar-refractivity contribution >= 4 is 40.9 Å². The molecule has 182 valence electrons. The average Bonchev–Trinajstić information content (AvgIpc) is 3.30. The maximum Gasteiger partial charge on any atom is 0.255 e. The van der Waals surface area contributed by atoms with Crippen LogP contribution in [0.2, 0.25) is 5.02 Å². The maximum atomic E-state index is 13.6. The highest BCUT2D eigenvalue weighted by atomic mass is 35.5. The number of fused-ring (bicyclic) bond motifs is 1. The number of anilines is 2. The predicted octanol–water partition coefficient (Wildman–Crippen LogP) is 6.16. The molecule has 2 heterocycles. The van der Waals surface area contributed by atoms with Gasteiger partial charge in [-0.25, -0.2) is 4.68 Å². The van der Waals surface area contributed by atoms with Crippen LogP contribution in [0.5, 0.6) is 5.75 Å². The number of hydrogen-bond donors (Lipinski definition) is 2. The largest absolute Gasteiger partial charge is 0.497 e. The first-order valence-electron chi connectivity index (χ1n) is 11.3. The summed E-state index contributed by atoms with van der Waals surface area (Å²) in [7, 11) is 1.60. The predicted molar refractivity (Wildman–Crippen MR) is 144 cm³/mol. The Bertz CT molecular complexity index is 1420. The van der Waals surface area contributed by atoms with E-state index in [0.717, 1.165) is 11.3 Å². The molecular weight excluding hydrogens is 494 g/mol. The first-order chi connectivity index (χ1) is 17.5. The smallest absolute Gasteiger partial charge is 0.255 e. The van der Waals surface area contributed by atoms with Crippen molar-refractivity contribution < 1.29 is 9.53 Å². The molecule has 0 saturated heterocycles. The van der Waals surface area contributed by atoms with Gasteiger partial charge in [-0.1, -0.05) is 71.9 Å². The number of carbonyl (C=O) groups excluding carboxylic acids is 1. The highest BCUT2D eigenvalue weighted by molar-refractivity contribution is 7.98. The fourth-order valence-electron chi connectivity index (χ4n) is 4.07. The van der Waals surface area contributed by atoms with Crippen LogP contribution in [-0.2, 0) is 10.5 Å². The van der Waals surface area contributed by atoms with E-state index in [9.17, 15) is 4.79 Å². The number of aromatic nitrogens is 3. The van der Waals surface area contributed by atoms with Crippen LogP contribution in [0.15, 0.2) is 95.3 Å². The zero-order valence-electron chi connectivity index (χ0n) is 19.7. The van der Waals surface area contributed by atoms with Crippen LogP contribution in [0, 0.1) is 0 Å². The van der Waals surface area contributed by atoms with Crippen molar-refractivity contribution in [3.63, 3.8) is 0 Å². The Kier molecular flexibility index (Phi) is 6.97. The third-order valence-corrected chi connectivity index (χ3v) is 7.09. The van der Waals surface area contributed by atoms with E-state index < -0.39 is 6.04 Å². The second-order valence-electron chi connectivity index (χ2n) is 8.21. The molecule has 1 aromatic heterocycles. The van der Waals surface area contributed by atoms with E-state index in [0.29, 0.717) is 38.8 Å². The lowest BCUT2D eigenvalue weighted by Crippen LogP contribution is -2.31. The van der Waals surface area contributed by atoms with Gasteiger partial charge in [0.2, 0.25) is 11.1 Å². The minimum absolute atomic E-state index is 0.255. The molecule has 7 nitrogen and oxygen atoms in total. The van der Waals surface area contributed by atoms with E-state index in [-0.39, 0.29) is 5.91 Å². The molecule has 1 aliphatic heterocycles. The summed E-state index contributed by atoms with van der Waals surface area (Å²) < 4.78 is 6.96. The van der Waals surface area contributed by atoms with Gasteiger partial charge in [0.25, 0.3) is 5.91 Å². The number of benzene rings is 3. The number of rotatable bonds is 7. The minimum Gasteiger partial charge on any atom is -0.497 e. The van der Waals surface area contributed by atoms with Crippen LogP contribution in [0.3, 0.4) is 0 Å². The van der Waals surface area contributed by atoms with Crippen molar-refractivity contribution in [2.75, 3.05) is 17.7 Å². The quantitative estimate of drug-likeness (QED) is 0.286. The number of hydrogen-bond acceptors (Lipinski definition) is 6. The molecule has 1 amide bonds. The van der Waals surface area contributed by atoms with E-state index in [1.165, 1.54) is 17.3 Å². The summed E-state index contributed by atoms with van der Waals surface area (Å²) in [5, 5.41) is 12.2. The lowest BCUT2D eigenvalue weighted by atomic mass is 9.95. The molecule has 1 aliphatic rings. The van der Waals surface area contributed by atoms with Crippen molar-refractivity contribution in [2.45, 2.75) is 23.9 Å². The Labute approximate surface area is 218 Å². The Morgan fingerprint density at radius 2 is 1.81 bits per heavy atom. The second kappa shape index (κ2) is 10.5. The molecule has 5 rings (SSSR count). The molecule has 3 aromatic carbocycles. The normalized spacial score (nSPS) is 14.7. The highest BCUT2D eigenvalue weighted by Crippen LogP contribution is 2.39. The number of methoxy groups -OCH3 is 1. The van der Waals surface area contributed by atoms with Crippen LogP contribution >= 0.6 is 23.4 Å². The van der Waals surface area contributed by atoms with Gasteiger partial charge >= 0.3 is 0 Å². The number of amides is 1. The van der Waals surface area contributed by atoms with E-state index in [4.69, 9.17) is 26.4 Å². The van der Waals surface area contributed by atoms with E-state index in [1.807, 2.05) is 49.4 Å². The Hall–Kier alpha value is -3.75. The summed E-state index contributed by atoms with van der Waals surface area (Å²) in [6.45, 7) is 1.86. The lowest BCUT2D eigenvalue weighted by molar-refractivity contribution is -0.113. The van der Waals surface area contributed by atoms with Crippen LogP contribution in [-0.4, -0.2) is 27.8 Å². The third kappa shape index (κ3) is 4.96. The summed E-state index contributed by atoms with van der Waals surface area (Å²) in [6, 6.07) is 24.3. The zero-order valence-corrected chi connectivity index (χ0v) is 21.3. The topological polar surface area (TPSA) is 81.1 Å². The Morgan fingerprint density at radius 3 is 2.53 bits per heavy atom. The average molecular weight is 518 g/mol. The maximum absolute atomic E-state index is 13.6. The van der Waals surface area contributed by atoms with Crippen LogP contribution in [0.4, 0.5) is 11.6 Å². The van der Waals surface area contributed by atoms with Gasteiger partial charge in [-0.15, -0.1) is 5.10 Å². The minimum atomic E-state index is -0.549. The van der Waals surface area contributed by atoms with Crippen molar-refractivity contribution in [1.82, 2.24) is 14.8 Å². The molecular formula is C27H24ClN5O2S. The monoisotopic (exact) mass is 517 g/mol. The van der Waals surface area contributed by atoms with Crippen molar-refractivity contribution in [1.29, 1.82) is 0 Å². The summed E-state index contributed by atoms with van der Waals surface area (Å²) in [5.74, 6) is 1.76. The summed E-state index contributed by atoms with van der Waals surface area (Å²) in [5.41, 5.74) is 3.80. The highest BCUT2D eigenvalue weighted by Gasteiger charge is 2.35. The molecule has 1 atom stereocenters. The van der Waals surface area contributed by atoms with Crippen LogP contribution in [0.25, 0.3) is 0 Å². The van der Waals surface area contributed by atoms with E-state index in [1.54, 1.807) is 36.1 Å². The molecule has 0 spiro atoms. The van der Waals surface area contributed by atoms with Gasteiger partial charge in [0, 0.05) is 27.7 Å². The standard InChI is InChI=1S/C27H24ClN5O2S/c1-17-23(25(34)30-19-12-14-20(35-2)15-13-19)24(21-10-6-7-11-22(21)28)33-26(29-17)31-27(32-33)36-16-18-8-4-3-5-9-18/h3-15,24H,16H2,1-2H3,(H,30,34)(H,29,31,32). The Morgan fingerprint density at radius 1 is 1.08 bits per heavy atom. The molecule has 1 unspecified atom stereocenters. The van der Waals surface area contributed by atoms with Gasteiger partial charge in [0.15, 0.2) is 0 Å². The second-order valence-corrected chi connectivity index (χ2v) is 9.56. The molecule has 0 saturated carbocycles. The van der Waals surface area contributed by atoms with E-state index in [2.05, 4.69) is 22.8 Å². The summed E-state index contributed by atoms with van der Waals surface area (Å²) >= 11 is 8.17. The van der Waals surface area contributed by atoms with Crippen molar-refractivity contribution in [3.05, 3.63) is 106 Å². The number of carbonyl (C=O) groups is 1. The molecule has 4 aromatic rings. The molecule has 36 heavy (non-hydrogen) atoms. The fraction of sp³-hybridized carbons (Fsp3) is 0.148. The SMILES string of the molecule is COc1ccc(NC(=O)C2=C(C)Nc3nc(SCc4ccccc4)nn3C2c2ccccc2Cl)cc1. The number of nitrogens with zero attached hydrogens (tertiary/aromatic N) is 3. The summed E-state index contributed by atoms with van der Waals surface area (Å²) in [4.78, 5) is 18.3. The van der Waals surface area contributed by atoms with Gasteiger partial charge < -0.3 is 15.4 Å². The van der Waals surface area contributed by atoms with Crippen molar-refractivity contribution in [2.24, 2.45) is 0 Å². The fourth-order valence-corrected chi connectivity index (χ4v) is 5.09. The lowest BCUT2D eigenvalue weighted by Gasteiger charge is -2.29. The first-order valence-corrected chi connectivity index (χ1v) is 12.7. The van der Waals surface area contributed by atoms with Gasteiger partial charge in [-0.3, -0.25) is 4.79 Å². The third-order valence-electron chi connectivity index (χ3n) is 5.84. The number of thioether (sulfide) groups is 1. The molecule has 2 N–H and O–H groups in total.